The van der Waals surface area contributed by atoms with Crippen molar-refractivity contribution in [1.29, 1.82) is 0 Å². The predicted octanol–water partition coefficient (Wildman–Crippen LogP) is 0.362. The summed E-state index contributed by atoms with van der Waals surface area (Å²) in [6.45, 7) is 1.72. The number of amides is 1. The van der Waals surface area contributed by atoms with E-state index in [0.29, 0.717) is 5.69 Å². The minimum atomic E-state index is -0.459. The van der Waals surface area contributed by atoms with E-state index in [1.54, 1.807) is 6.92 Å². The number of nitrogens with one attached hydrogen (secondary N) is 2. The van der Waals surface area contributed by atoms with E-state index in [1.165, 1.54) is 13.2 Å². The zero-order valence-corrected chi connectivity index (χ0v) is 8.64. The first kappa shape index (κ1) is 10.1. The molecule has 0 fully saturated rings. The van der Waals surface area contributed by atoms with Crippen molar-refractivity contribution in [3.8, 4) is 6.01 Å². The largest absolute Gasteiger partial charge is 0.466 e. The Morgan fingerprint density at radius 1 is 1.62 bits per heavy atom. The van der Waals surface area contributed by atoms with Gasteiger partial charge in [-0.05, 0) is 6.92 Å². The number of aryl methyl sites for hydroxylation is 1. The third-order valence-corrected chi connectivity index (χ3v) is 1.73. The van der Waals surface area contributed by atoms with Gasteiger partial charge in [0.05, 0.1) is 12.8 Å². The highest BCUT2D eigenvalue weighted by Gasteiger charge is 2.13. The van der Waals surface area contributed by atoms with E-state index in [4.69, 9.17) is 9.26 Å². The quantitative estimate of drug-likeness (QED) is 0.778. The van der Waals surface area contributed by atoms with Gasteiger partial charge in [-0.1, -0.05) is 5.16 Å². The van der Waals surface area contributed by atoms with Crippen molar-refractivity contribution in [3.05, 3.63) is 17.5 Å². The molecule has 8 heteroatoms. The zero-order valence-electron chi connectivity index (χ0n) is 8.64. The summed E-state index contributed by atoms with van der Waals surface area (Å²) >= 11 is 0. The third kappa shape index (κ3) is 2.00. The second-order valence-electron chi connectivity index (χ2n) is 2.96. The number of aromatic amines is 1. The number of rotatable bonds is 3. The third-order valence-electron chi connectivity index (χ3n) is 1.73. The lowest BCUT2D eigenvalue weighted by Crippen LogP contribution is -2.12. The first-order valence-corrected chi connectivity index (χ1v) is 4.40. The van der Waals surface area contributed by atoms with Gasteiger partial charge >= 0.3 is 6.01 Å². The molecule has 0 aliphatic rings. The molecule has 0 aliphatic carbocycles. The van der Waals surface area contributed by atoms with Crippen LogP contribution in [0.5, 0.6) is 6.01 Å². The standard InChI is InChI=1S/C8H9N5O3/c1-4-3-5(16-13-4)6(14)9-7-10-8(15-2)12-11-7/h3H,1-2H3,(H2,9,10,11,12,14). The van der Waals surface area contributed by atoms with Crippen LogP contribution in [0.2, 0.25) is 0 Å². The van der Waals surface area contributed by atoms with Crippen LogP contribution in [0.3, 0.4) is 0 Å². The summed E-state index contributed by atoms with van der Waals surface area (Å²) in [6, 6.07) is 1.66. The van der Waals surface area contributed by atoms with Gasteiger partial charge in [0.1, 0.15) is 0 Å². The molecule has 0 spiro atoms. The molecule has 0 aliphatic heterocycles. The summed E-state index contributed by atoms with van der Waals surface area (Å²) < 4.78 is 9.52. The van der Waals surface area contributed by atoms with E-state index in [1.807, 2.05) is 0 Å². The minimum absolute atomic E-state index is 0.105. The topological polar surface area (TPSA) is 106 Å². The molecule has 2 aromatic heterocycles. The molecular formula is C8H9N5O3. The first-order chi connectivity index (χ1) is 7.69. The predicted molar refractivity (Wildman–Crippen MR) is 52.1 cm³/mol. The Labute approximate surface area is 90.0 Å². The fraction of sp³-hybridized carbons (Fsp3) is 0.250. The number of H-pyrrole nitrogens is 1. The van der Waals surface area contributed by atoms with Crippen molar-refractivity contribution in [3.63, 3.8) is 0 Å². The average Bonchev–Trinajstić information content (AvgIpc) is 2.87. The number of carbonyl (C=O) groups excluding carboxylic acids is 1. The van der Waals surface area contributed by atoms with Crippen LogP contribution in [0.1, 0.15) is 16.2 Å². The normalized spacial score (nSPS) is 10.1. The molecule has 8 nitrogen and oxygen atoms in total. The van der Waals surface area contributed by atoms with Gasteiger partial charge < -0.3 is 9.26 Å². The zero-order chi connectivity index (χ0) is 11.5. The summed E-state index contributed by atoms with van der Waals surface area (Å²) in [6.07, 6.45) is 0. The Kier molecular flexibility index (Phi) is 2.54. The lowest BCUT2D eigenvalue weighted by atomic mass is 10.4. The SMILES string of the molecule is COc1n[nH]c(NC(=O)c2cc(C)no2)n1. The number of hydrogen-bond donors (Lipinski definition) is 2. The summed E-state index contributed by atoms with van der Waals surface area (Å²) in [4.78, 5) is 15.4. The van der Waals surface area contributed by atoms with Gasteiger partial charge in [0.25, 0.3) is 5.91 Å². The van der Waals surface area contributed by atoms with Crippen LogP contribution in [0, 0.1) is 6.92 Å². The van der Waals surface area contributed by atoms with E-state index in [-0.39, 0.29) is 17.7 Å². The Bertz CT molecular complexity index is 503. The molecule has 2 rings (SSSR count). The van der Waals surface area contributed by atoms with Crippen LogP contribution >= 0.6 is 0 Å². The molecule has 2 heterocycles. The van der Waals surface area contributed by atoms with Gasteiger partial charge in [-0.3, -0.25) is 10.1 Å². The van der Waals surface area contributed by atoms with E-state index < -0.39 is 5.91 Å². The van der Waals surface area contributed by atoms with Crippen molar-refractivity contribution in [2.45, 2.75) is 6.92 Å². The second-order valence-corrected chi connectivity index (χ2v) is 2.96. The van der Waals surface area contributed by atoms with Crippen LogP contribution in [0.25, 0.3) is 0 Å². The Morgan fingerprint density at radius 2 is 2.44 bits per heavy atom. The fourth-order valence-corrected chi connectivity index (χ4v) is 1.03. The Morgan fingerprint density at radius 3 is 3.00 bits per heavy atom. The van der Waals surface area contributed by atoms with Crippen LogP contribution in [-0.2, 0) is 0 Å². The number of ether oxygens (including phenoxy) is 1. The van der Waals surface area contributed by atoms with Gasteiger partial charge in [-0.2, -0.15) is 4.98 Å². The lowest BCUT2D eigenvalue weighted by Gasteiger charge is -1.95. The summed E-state index contributed by atoms with van der Waals surface area (Å²) in [5.41, 5.74) is 0.625. The van der Waals surface area contributed by atoms with Gasteiger partial charge in [-0.25, -0.2) is 5.10 Å². The highest BCUT2D eigenvalue weighted by Crippen LogP contribution is 2.08. The molecule has 84 valence electrons. The summed E-state index contributed by atoms with van der Waals surface area (Å²) in [5, 5.41) is 12.2. The van der Waals surface area contributed by atoms with Crippen molar-refractivity contribution in [1.82, 2.24) is 20.3 Å². The number of anilines is 1. The monoisotopic (exact) mass is 223 g/mol. The van der Waals surface area contributed by atoms with Crippen molar-refractivity contribution >= 4 is 11.9 Å². The average molecular weight is 223 g/mol. The molecule has 1 amide bonds. The second kappa shape index (κ2) is 4.01. The maximum atomic E-state index is 11.6. The smallest absolute Gasteiger partial charge is 0.336 e. The fourth-order valence-electron chi connectivity index (χ4n) is 1.03. The summed E-state index contributed by atoms with van der Waals surface area (Å²) in [5.74, 6) is -0.178. The Balaban J connectivity index is 2.07. The number of aromatic nitrogens is 4. The number of carbonyl (C=O) groups is 1. The summed E-state index contributed by atoms with van der Waals surface area (Å²) in [7, 11) is 1.43. The molecule has 0 radical (unpaired) electrons. The maximum absolute atomic E-state index is 11.6. The molecule has 0 unspecified atom stereocenters. The highest BCUT2D eigenvalue weighted by molar-refractivity contribution is 6.01. The number of hydrogen-bond acceptors (Lipinski definition) is 6. The molecule has 2 aromatic rings. The van der Waals surface area contributed by atoms with Crippen LogP contribution in [0.15, 0.2) is 10.6 Å². The van der Waals surface area contributed by atoms with E-state index in [9.17, 15) is 4.79 Å². The Hall–Kier alpha value is -2.38. The van der Waals surface area contributed by atoms with Crippen LogP contribution in [0.4, 0.5) is 5.95 Å². The molecule has 0 saturated heterocycles. The van der Waals surface area contributed by atoms with E-state index >= 15 is 0 Å². The number of nitrogens with zero attached hydrogens (tertiary/aromatic N) is 3. The highest BCUT2D eigenvalue weighted by atomic mass is 16.5. The van der Waals surface area contributed by atoms with Crippen molar-refractivity contribution in [2.24, 2.45) is 0 Å². The molecule has 0 saturated carbocycles. The minimum Gasteiger partial charge on any atom is -0.466 e. The van der Waals surface area contributed by atoms with Crippen LogP contribution < -0.4 is 10.1 Å². The molecule has 16 heavy (non-hydrogen) atoms. The maximum Gasteiger partial charge on any atom is 0.336 e. The molecular weight excluding hydrogens is 214 g/mol. The molecule has 0 atom stereocenters. The molecule has 0 bridgehead atoms. The number of methoxy groups -OCH3 is 1. The van der Waals surface area contributed by atoms with Crippen LogP contribution in [-0.4, -0.2) is 33.4 Å². The van der Waals surface area contributed by atoms with Crippen molar-refractivity contribution in [2.75, 3.05) is 12.4 Å². The van der Waals surface area contributed by atoms with E-state index in [0.717, 1.165) is 0 Å². The van der Waals surface area contributed by atoms with Gasteiger partial charge in [0.15, 0.2) is 0 Å². The van der Waals surface area contributed by atoms with Gasteiger partial charge in [0, 0.05) is 6.07 Å². The molecule has 2 N–H and O–H groups in total. The van der Waals surface area contributed by atoms with E-state index in [2.05, 4.69) is 25.7 Å². The first-order valence-electron chi connectivity index (χ1n) is 4.40. The van der Waals surface area contributed by atoms with Crippen molar-refractivity contribution < 1.29 is 14.1 Å². The lowest BCUT2D eigenvalue weighted by molar-refractivity contribution is 0.0987. The van der Waals surface area contributed by atoms with Gasteiger partial charge in [-0.15, -0.1) is 5.10 Å². The molecule has 0 aromatic carbocycles. The van der Waals surface area contributed by atoms with Gasteiger partial charge in [0.2, 0.25) is 11.7 Å².